The Balaban J connectivity index is 1.44. The molecule has 6 nitrogen and oxygen atoms in total. The Hall–Kier alpha value is -3.72. The summed E-state index contributed by atoms with van der Waals surface area (Å²) in [4.78, 5) is 29.1. The average molecular weight is 652 g/mol. The van der Waals surface area contributed by atoms with Gasteiger partial charge in [0.15, 0.2) is 5.75 Å². The summed E-state index contributed by atoms with van der Waals surface area (Å²) in [7, 11) is 0. The number of benzene rings is 4. The molecule has 188 valence electrons. The van der Waals surface area contributed by atoms with Gasteiger partial charge in [-0.25, -0.2) is 10.2 Å². The van der Waals surface area contributed by atoms with E-state index in [9.17, 15) is 9.59 Å². The summed E-state index contributed by atoms with van der Waals surface area (Å²) in [5.41, 5.74) is 6.16. The van der Waals surface area contributed by atoms with Gasteiger partial charge in [-0.2, -0.15) is 5.10 Å². The van der Waals surface area contributed by atoms with E-state index < -0.39 is 11.9 Å². The van der Waals surface area contributed by atoms with E-state index in [0.717, 1.165) is 26.5 Å². The van der Waals surface area contributed by atoms with Crippen LogP contribution in [0.1, 0.15) is 26.4 Å². The number of amides is 1. The molecule has 1 aromatic heterocycles. The van der Waals surface area contributed by atoms with E-state index in [-0.39, 0.29) is 5.75 Å². The predicted molar refractivity (Wildman–Crippen MR) is 157 cm³/mol. The van der Waals surface area contributed by atoms with Crippen LogP contribution in [0.3, 0.4) is 0 Å². The van der Waals surface area contributed by atoms with Gasteiger partial charge in [-0.15, -0.1) is 0 Å². The van der Waals surface area contributed by atoms with Crippen molar-refractivity contribution in [2.24, 2.45) is 5.10 Å². The van der Waals surface area contributed by atoms with Crippen molar-refractivity contribution in [1.29, 1.82) is 0 Å². The van der Waals surface area contributed by atoms with Crippen molar-refractivity contribution in [3.63, 3.8) is 0 Å². The Morgan fingerprint density at radius 1 is 0.921 bits per heavy atom. The van der Waals surface area contributed by atoms with Gasteiger partial charge in [0.05, 0.1) is 16.3 Å². The molecule has 0 aliphatic carbocycles. The molecule has 0 radical (unpaired) electrons. The van der Waals surface area contributed by atoms with Crippen molar-refractivity contribution in [3.05, 3.63) is 122 Å². The van der Waals surface area contributed by atoms with Crippen molar-refractivity contribution in [1.82, 2.24) is 10.4 Å². The minimum Gasteiger partial charge on any atom is -0.421 e. The second kappa shape index (κ2) is 11.3. The van der Waals surface area contributed by atoms with E-state index >= 15 is 0 Å². The Morgan fingerprint density at radius 2 is 1.63 bits per heavy atom. The molecule has 0 spiro atoms. The smallest absolute Gasteiger partial charge is 0.343 e. The van der Waals surface area contributed by atoms with Crippen molar-refractivity contribution in [2.75, 3.05) is 0 Å². The maximum absolute atomic E-state index is 13.3. The predicted octanol–water partition coefficient (Wildman–Crippen LogP) is 8.00. The molecular formula is C29H18Br2ClN3O3. The molecule has 0 aliphatic rings. The highest BCUT2D eigenvalue weighted by molar-refractivity contribution is 9.11. The average Bonchev–Trinajstić information content (AvgIpc) is 3.30. The number of carbonyl (C=O) groups is 2. The highest BCUT2D eigenvalue weighted by Crippen LogP contribution is 2.35. The number of hydrazone groups is 1. The molecule has 5 rings (SSSR count). The molecule has 1 amide bonds. The standard InChI is InChI=1S/C29H18Br2ClN3O3/c30-20-13-19(27(23(31)14-20)38-29(37)18-9-5-2-6-10-18)16-33-35-28(36)26-25(17-7-3-1-4-8-17)22-15-21(32)11-12-24(22)34-26/h1-16,34H,(H,35,36). The van der Waals surface area contributed by atoms with Crippen LogP contribution in [0.2, 0.25) is 5.02 Å². The van der Waals surface area contributed by atoms with Crippen molar-refractivity contribution in [2.45, 2.75) is 0 Å². The van der Waals surface area contributed by atoms with Crippen LogP contribution in [-0.2, 0) is 0 Å². The van der Waals surface area contributed by atoms with Crippen LogP contribution in [0, 0.1) is 0 Å². The Labute approximate surface area is 239 Å². The monoisotopic (exact) mass is 649 g/mol. The maximum Gasteiger partial charge on any atom is 0.343 e. The van der Waals surface area contributed by atoms with Gasteiger partial charge in [0.25, 0.3) is 5.91 Å². The number of ether oxygens (including phenoxy) is 1. The first kappa shape index (κ1) is 25.9. The molecule has 0 saturated heterocycles. The van der Waals surface area contributed by atoms with Gasteiger partial charge in [0.2, 0.25) is 0 Å². The van der Waals surface area contributed by atoms with Crippen molar-refractivity contribution >= 4 is 72.5 Å². The highest BCUT2D eigenvalue weighted by Gasteiger charge is 2.20. The van der Waals surface area contributed by atoms with Crippen LogP contribution in [-0.4, -0.2) is 23.1 Å². The van der Waals surface area contributed by atoms with Crippen LogP contribution in [0.5, 0.6) is 5.75 Å². The summed E-state index contributed by atoms with van der Waals surface area (Å²) in [6.07, 6.45) is 1.42. The minimum absolute atomic E-state index is 0.269. The number of hydrogen-bond donors (Lipinski definition) is 2. The largest absolute Gasteiger partial charge is 0.421 e. The molecule has 0 saturated carbocycles. The number of fused-ring (bicyclic) bond motifs is 1. The Morgan fingerprint density at radius 3 is 2.37 bits per heavy atom. The molecule has 0 bridgehead atoms. The van der Waals surface area contributed by atoms with E-state index in [1.807, 2.05) is 48.5 Å². The highest BCUT2D eigenvalue weighted by atomic mass is 79.9. The minimum atomic E-state index is -0.517. The number of H-pyrrole nitrogens is 1. The van der Waals surface area contributed by atoms with E-state index in [4.69, 9.17) is 16.3 Å². The summed E-state index contributed by atoms with van der Waals surface area (Å²) in [5, 5.41) is 5.55. The van der Waals surface area contributed by atoms with Gasteiger partial charge in [0, 0.05) is 31.5 Å². The number of rotatable bonds is 6. The molecule has 38 heavy (non-hydrogen) atoms. The maximum atomic E-state index is 13.3. The second-order valence-electron chi connectivity index (χ2n) is 8.19. The zero-order valence-corrected chi connectivity index (χ0v) is 23.5. The van der Waals surface area contributed by atoms with Crippen LogP contribution < -0.4 is 10.2 Å². The van der Waals surface area contributed by atoms with Crippen LogP contribution in [0.15, 0.2) is 105 Å². The number of hydrogen-bond acceptors (Lipinski definition) is 4. The zero-order chi connectivity index (χ0) is 26.6. The number of carbonyl (C=O) groups excluding carboxylic acids is 2. The topological polar surface area (TPSA) is 83.5 Å². The molecule has 0 atom stereocenters. The molecule has 5 aromatic rings. The van der Waals surface area contributed by atoms with Gasteiger partial charge in [-0.1, -0.05) is 76.1 Å². The fraction of sp³-hybridized carbons (Fsp3) is 0. The Kier molecular flexibility index (Phi) is 7.74. The quantitative estimate of drug-likeness (QED) is 0.0845. The summed E-state index contributed by atoms with van der Waals surface area (Å²) >= 11 is 13.1. The van der Waals surface area contributed by atoms with Gasteiger partial charge in [-0.05, 0) is 64.0 Å². The van der Waals surface area contributed by atoms with E-state index in [1.54, 1.807) is 42.5 Å². The van der Waals surface area contributed by atoms with Gasteiger partial charge in [0.1, 0.15) is 5.69 Å². The van der Waals surface area contributed by atoms with E-state index in [2.05, 4.69) is 47.4 Å². The molecule has 0 fully saturated rings. The van der Waals surface area contributed by atoms with Gasteiger partial charge < -0.3 is 9.72 Å². The molecule has 2 N–H and O–H groups in total. The third-order valence-corrected chi connectivity index (χ3v) is 6.94. The third kappa shape index (κ3) is 5.57. The molecule has 0 unspecified atom stereocenters. The van der Waals surface area contributed by atoms with Crippen LogP contribution in [0.25, 0.3) is 22.0 Å². The fourth-order valence-electron chi connectivity index (χ4n) is 3.97. The Bertz CT molecular complexity index is 1690. The molecule has 4 aromatic carbocycles. The lowest BCUT2D eigenvalue weighted by atomic mass is 10.0. The van der Waals surface area contributed by atoms with Crippen LogP contribution in [0.4, 0.5) is 0 Å². The number of esters is 1. The lowest BCUT2D eigenvalue weighted by Crippen LogP contribution is -2.19. The summed E-state index contributed by atoms with van der Waals surface area (Å²) in [5.74, 6) is -0.689. The lowest BCUT2D eigenvalue weighted by Gasteiger charge is -2.10. The van der Waals surface area contributed by atoms with Crippen molar-refractivity contribution in [3.8, 4) is 16.9 Å². The second-order valence-corrected chi connectivity index (χ2v) is 10.4. The lowest BCUT2D eigenvalue weighted by molar-refractivity contribution is 0.0733. The van der Waals surface area contributed by atoms with E-state index in [1.165, 1.54) is 6.21 Å². The first-order valence-electron chi connectivity index (χ1n) is 11.4. The fourth-order valence-corrected chi connectivity index (χ4v) is 5.48. The van der Waals surface area contributed by atoms with Crippen molar-refractivity contribution < 1.29 is 14.3 Å². The van der Waals surface area contributed by atoms with Gasteiger partial charge >= 0.3 is 5.97 Å². The first-order valence-corrected chi connectivity index (χ1v) is 13.3. The molecule has 0 aliphatic heterocycles. The van der Waals surface area contributed by atoms with E-state index in [0.29, 0.717) is 26.3 Å². The number of aromatic nitrogens is 1. The SMILES string of the molecule is O=C(Oc1c(Br)cc(Br)cc1C=NNC(=O)c1[nH]c2ccc(Cl)cc2c1-c1ccccc1)c1ccccc1. The molecular weight excluding hydrogens is 634 g/mol. The summed E-state index contributed by atoms with van der Waals surface area (Å²) in [6.45, 7) is 0. The normalized spacial score (nSPS) is 11.1. The zero-order valence-electron chi connectivity index (χ0n) is 19.5. The summed E-state index contributed by atoms with van der Waals surface area (Å²) < 4.78 is 6.93. The number of aromatic amines is 1. The van der Waals surface area contributed by atoms with Gasteiger partial charge in [-0.3, -0.25) is 4.79 Å². The number of nitrogens with one attached hydrogen (secondary N) is 2. The van der Waals surface area contributed by atoms with Crippen LogP contribution >= 0.6 is 43.5 Å². The number of halogens is 3. The first-order chi connectivity index (χ1) is 18.4. The number of nitrogens with zero attached hydrogens (tertiary/aromatic N) is 1. The molecule has 9 heteroatoms. The third-order valence-electron chi connectivity index (χ3n) is 5.66. The summed E-state index contributed by atoms with van der Waals surface area (Å²) in [6, 6.07) is 27.1. The molecule has 1 heterocycles.